The predicted octanol–water partition coefficient (Wildman–Crippen LogP) is 3.08. The van der Waals surface area contributed by atoms with Crippen molar-refractivity contribution in [3.05, 3.63) is 35.9 Å². The van der Waals surface area contributed by atoms with Gasteiger partial charge >= 0.3 is 6.09 Å². The quantitative estimate of drug-likeness (QED) is 0.613. The van der Waals surface area contributed by atoms with Crippen LogP contribution in [-0.4, -0.2) is 24.2 Å². The van der Waals surface area contributed by atoms with Crippen molar-refractivity contribution in [1.82, 2.24) is 0 Å². The van der Waals surface area contributed by atoms with Crippen molar-refractivity contribution < 1.29 is 14.3 Å². The van der Waals surface area contributed by atoms with E-state index in [9.17, 15) is 4.79 Å². The smallest absolute Gasteiger partial charge is 0.437 e. The van der Waals surface area contributed by atoms with Crippen LogP contribution in [-0.2, 0) is 16.1 Å². The van der Waals surface area contributed by atoms with Gasteiger partial charge in [0, 0.05) is 0 Å². The summed E-state index contributed by atoms with van der Waals surface area (Å²) in [4.78, 5) is 14.8. The van der Waals surface area contributed by atoms with E-state index < -0.39 is 6.09 Å². The molecule has 0 unspecified atom stereocenters. The Labute approximate surface area is 105 Å². The van der Waals surface area contributed by atoms with E-state index in [0.29, 0.717) is 18.4 Å². The monoisotopic (exact) mass is 253 g/mol. The maximum absolute atomic E-state index is 11.1. The molecule has 0 atom stereocenters. The van der Waals surface area contributed by atoms with E-state index in [1.165, 1.54) is 11.8 Å². The lowest BCUT2D eigenvalue weighted by Gasteiger charge is -2.06. The number of carbonyl (C=O) groups excluding carboxylic acids is 1. The average molecular weight is 253 g/mol. The fraction of sp³-hybridized carbons (Fsp3) is 0.333. The van der Waals surface area contributed by atoms with E-state index in [1.54, 1.807) is 13.2 Å². The molecule has 0 aliphatic carbocycles. The number of benzene rings is 1. The summed E-state index contributed by atoms with van der Waals surface area (Å²) >= 11 is 1.27. The number of hydrogen-bond donors (Lipinski definition) is 0. The molecule has 1 aromatic carbocycles. The summed E-state index contributed by atoms with van der Waals surface area (Å²) in [6.07, 6.45) is 1.17. The van der Waals surface area contributed by atoms with Gasteiger partial charge in [0.05, 0.1) is 6.61 Å². The van der Waals surface area contributed by atoms with E-state index in [1.807, 2.05) is 30.3 Å². The summed E-state index contributed by atoms with van der Waals surface area (Å²) in [7, 11) is 0. The van der Waals surface area contributed by atoms with Gasteiger partial charge in [-0.1, -0.05) is 42.1 Å². The zero-order chi connectivity index (χ0) is 12.5. The highest BCUT2D eigenvalue weighted by Gasteiger charge is 2.04. The third-order valence-corrected chi connectivity index (χ3v) is 2.39. The normalized spacial score (nSPS) is 11.1. The van der Waals surface area contributed by atoms with Crippen LogP contribution >= 0.6 is 11.8 Å². The molecule has 17 heavy (non-hydrogen) atoms. The van der Waals surface area contributed by atoms with Crippen LogP contribution in [0.2, 0.25) is 0 Å². The number of nitrogens with zero attached hydrogens (tertiary/aromatic N) is 1. The summed E-state index contributed by atoms with van der Waals surface area (Å²) in [6, 6.07) is 9.69. The maximum Gasteiger partial charge on any atom is 0.437 e. The molecule has 0 radical (unpaired) electrons. The molecule has 1 rings (SSSR count). The maximum atomic E-state index is 11.1. The number of rotatable bonds is 3. The Balaban J connectivity index is 2.50. The molecule has 0 fully saturated rings. The summed E-state index contributed by atoms with van der Waals surface area (Å²) < 4.78 is 10.1. The van der Waals surface area contributed by atoms with Crippen molar-refractivity contribution in [2.75, 3.05) is 12.9 Å². The number of ether oxygens (including phenoxy) is 2. The first kappa shape index (κ1) is 13.6. The van der Waals surface area contributed by atoms with Crippen molar-refractivity contribution in [3.63, 3.8) is 0 Å². The van der Waals surface area contributed by atoms with Gasteiger partial charge in [-0.3, -0.25) is 0 Å². The zero-order valence-electron chi connectivity index (χ0n) is 9.88. The van der Waals surface area contributed by atoms with Crippen molar-refractivity contribution in [2.24, 2.45) is 4.99 Å². The van der Waals surface area contributed by atoms with Gasteiger partial charge in [0.25, 0.3) is 5.23 Å². The highest BCUT2D eigenvalue weighted by Crippen LogP contribution is 2.07. The predicted molar refractivity (Wildman–Crippen MR) is 69.2 cm³/mol. The fourth-order valence-electron chi connectivity index (χ4n) is 1.09. The van der Waals surface area contributed by atoms with Crippen LogP contribution in [0.5, 0.6) is 0 Å². The Bertz CT molecular complexity index is 379. The first-order chi connectivity index (χ1) is 8.26. The van der Waals surface area contributed by atoms with E-state index in [0.717, 1.165) is 5.56 Å². The lowest BCUT2D eigenvalue weighted by atomic mass is 10.2. The molecule has 1 amide bonds. The molecule has 4 nitrogen and oxygen atoms in total. The largest absolute Gasteiger partial charge is 0.468 e. The summed E-state index contributed by atoms with van der Waals surface area (Å²) in [5.74, 6) is 0. The minimum Gasteiger partial charge on any atom is -0.468 e. The second kappa shape index (κ2) is 7.73. The minimum atomic E-state index is -0.620. The van der Waals surface area contributed by atoms with Crippen LogP contribution in [0.3, 0.4) is 0 Å². The number of hydrogen-bond acceptors (Lipinski definition) is 4. The van der Waals surface area contributed by atoms with Crippen LogP contribution in [0.1, 0.15) is 12.5 Å². The first-order valence-electron chi connectivity index (χ1n) is 5.22. The third-order valence-electron chi connectivity index (χ3n) is 1.83. The fourth-order valence-corrected chi connectivity index (χ4v) is 1.43. The number of aliphatic imine (C=N–C) groups is 1. The van der Waals surface area contributed by atoms with Gasteiger partial charge in [0.15, 0.2) is 0 Å². The Hall–Kier alpha value is -1.49. The highest BCUT2D eigenvalue weighted by molar-refractivity contribution is 8.13. The van der Waals surface area contributed by atoms with Crippen LogP contribution in [0.25, 0.3) is 0 Å². The van der Waals surface area contributed by atoms with Gasteiger partial charge in [0.1, 0.15) is 6.61 Å². The Kier molecular flexibility index (Phi) is 6.17. The van der Waals surface area contributed by atoms with E-state index in [4.69, 9.17) is 9.47 Å². The Morgan fingerprint density at radius 3 is 2.59 bits per heavy atom. The first-order valence-corrected chi connectivity index (χ1v) is 6.45. The molecular weight excluding hydrogens is 238 g/mol. The molecule has 0 aromatic heterocycles. The molecule has 92 valence electrons. The SMILES string of the molecule is CCOC(=O)N=C(OCc1ccccc1)SC. The summed E-state index contributed by atoms with van der Waals surface area (Å²) in [6.45, 7) is 2.43. The van der Waals surface area contributed by atoms with Gasteiger partial charge in [-0.05, 0) is 18.7 Å². The van der Waals surface area contributed by atoms with E-state index in [2.05, 4.69) is 4.99 Å². The van der Waals surface area contributed by atoms with Crippen LogP contribution in [0, 0.1) is 0 Å². The third kappa shape index (κ3) is 5.40. The van der Waals surface area contributed by atoms with Gasteiger partial charge in [-0.15, -0.1) is 4.99 Å². The highest BCUT2D eigenvalue weighted by atomic mass is 32.2. The van der Waals surface area contributed by atoms with Crippen molar-refractivity contribution in [3.8, 4) is 0 Å². The van der Waals surface area contributed by atoms with E-state index >= 15 is 0 Å². The van der Waals surface area contributed by atoms with Gasteiger partial charge in [-0.2, -0.15) is 0 Å². The lowest BCUT2D eigenvalue weighted by molar-refractivity contribution is 0.162. The second-order valence-corrected chi connectivity index (χ2v) is 3.81. The molecule has 0 heterocycles. The topological polar surface area (TPSA) is 47.9 Å². The van der Waals surface area contributed by atoms with E-state index in [-0.39, 0.29) is 0 Å². The van der Waals surface area contributed by atoms with Gasteiger partial charge in [-0.25, -0.2) is 4.79 Å². The number of amides is 1. The molecule has 0 saturated heterocycles. The molecule has 0 N–H and O–H groups in total. The Morgan fingerprint density at radius 2 is 2.00 bits per heavy atom. The van der Waals surface area contributed by atoms with Crippen LogP contribution < -0.4 is 0 Å². The van der Waals surface area contributed by atoms with Gasteiger partial charge in [0.2, 0.25) is 0 Å². The molecule has 5 heteroatoms. The molecule has 0 spiro atoms. The Morgan fingerprint density at radius 1 is 1.29 bits per heavy atom. The van der Waals surface area contributed by atoms with Crippen molar-refractivity contribution in [1.29, 1.82) is 0 Å². The molecule has 0 aliphatic heterocycles. The molecule has 0 bridgehead atoms. The summed E-state index contributed by atoms with van der Waals surface area (Å²) in [5, 5.41) is 0.312. The molecule has 1 aromatic rings. The molecule has 0 aliphatic rings. The summed E-state index contributed by atoms with van der Waals surface area (Å²) in [5.41, 5.74) is 1.03. The molecule has 0 saturated carbocycles. The zero-order valence-corrected chi connectivity index (χ0v) is 10.7. The number of carbonyl (C=O) groups is 1. The average Bonchev–Trinajstić information content (AvgIpc) is 2.36. The van der Waals surface area contributed by atoms with Gasteiger partial charge < -0.3 is 9.47 Å². The minimum absolute atomic E-state index is 0.308. The molecular formula is C12H15NO3S. The standard InChI is InChI=1S/C12H15NO3S/c1-3-15-11(14)13-12(17-2)16-9-10-7-5-4-6-8-10/h4-8H,3,9H2,1-2H3. The van der Waals surface area contributed by atoms with Crippen LogP contribution in [0.4, 0.5) is 4.79 Å². The van der Waals surface area contributed by atoms with Crippen molar-refractivity contribution >= 4 is 23.1 Å². The number of thioether (sulfide) groups is 1. The van der Waals surface area contributed by atoms with Crippen LogP contribution in [0.15, 0.2) is 35.3 Å². The van der Waals surface area contributed by atoms with Crippen molar-refractivity contribution in [2.45, 2.75) is 13.5 Å². The lowest BCUT2D eigenvalue weighted by Crippen LogP contribution is -2.06. The second-order valence-electron chi connectivity index (χ2n) is 3.06.